The highest BCUT2D eigenvalue weighted by molar-refractivity contribution is 5.14. The monoisotopic (exact) mass is 264 g/mol. The third kappa shape index (κ3) is 2.00. The summed E-state index contributed by atoms with van der Waals surface area (Å²) in [6.45, 7) is 15.1. The van der Waals surface area contributed by atoms with E-state index in [1.54, 1.807) is 0 Å². The Morgan fingerprint density at radius 3 is 2.21 bits per heavy atom. The average molecular weight is 264 g/mol. The zero-order valence-electron chi connectivity index (χ0n) is 14.3. The van der Waals surface area contributed by atoms with Crippen molar-refractivity contribution in [2.24, 2.45) is 28.1 Å². The Bertz CT molecular complexity index is 320. The molecule has 5 unspecified atom stereocenters. The van der Waals surface area contributed by atoms with Gasteiger partial charge in [0.1, 0.15) is 0 Å². The van der Waals surface area contributed by atoms with Gasteiger partial charge in [0.15, 0.2) is 0 Å². The van der Waals surface area contributed by atoms with Crippen LogP contribution in [0.25, 0.3) is 0 Å². The molecule has 5 atom stereocenters. The third-order valence-corrected chi connectivity index (χ3v) is 7.66. The molecular weight excluding hydrogens is 228 g/mol. The first-order valence-corrected chi connectivity index (χ1v) is 8.89. The van der Waals surface area contributed by atoms with Crippen LogP contribution < -0.4 is 0 Å². The summed E-state index contributed by atoms with van der Waals surface area (Å²) in [6.07, 6.45) is 11.6. The van der Waals surface area contributed by atoms with E-state index < -0.39 is 0 Å². The Kier molecular flexibility index (Phi) is 4.11. The number of hydrogen-bond acceptors (Lipinski definition) is 0. The molecule has 0 spiro atoms. The van der Waals surface area contributed by atoms with Gasteiger partial charge in [-0.25, -0.2) is 0 Å². The maximum atomic E-state index is 2.66. The van der Waals surface area contributed by atoms with Gasteiger partial charge in [-0.15, -0.1) is 0 Å². The molecule has 0 nitrogen and oxygen atoms in total. The van der Waals surface area contributed by atoms with Crippen molar-refractivity contribution in [2.75, 3.05) is 0 Å². The largest absolute Gasteiger partial charge is 0.0654 e. The Hall–Kier alpha value is 0. The second kappa shape index (κ2) is 5.08. The lowest BCUT2D eigenvalue weighted by atomic mass is 9.47. The fourth-order valence-electron chi connectivity index (χ4n) is 6.47. The van der Waals surface area contributed by atoms with E-state index in [4.69, 9.17) is 0 Å². The molecule has 0 heterocycles. The Morgan fingerprint density at radius 2 is 1.68 bits per heavy atom. The summed E-state index contributed by atoms with van der Waals surface area (Å²) in [5.74, 6) is 1.90. The highest BCUT2D eigenvalue weighted by Gasteiger charge is 2.65. The second-order valence-corrected chi connectivity index (χ2v) is 8.32. The predicted molar refractivity (Wildman–Crippen MR) is 85.3 cm³/mol. The first-order valence-electron chi connectivity index (χ1n) is 8.89. The molecule has 0 heteroatoms. The molecule has 0 aliphatic heterocycles. The van der Waals surface area contributed by atoms with Crippen molar-refractivity contribution in [3.63, 3.8) is 0 Å². The van der Waals surface area contributed by atoms with E-state index in [0.29, 0.717) is 16.2 Å². The van der Waals surface area contributed by atoms with Crippen LogP contribution in [0, 0.1) is 28.1 Å². The van der Waals surface area contributed by atoms with Gasteiger partial charge in [-0.2, -0.15) is 0 Å². The van der Waals surface area contributed by atoms with E-state index >= 15 is 0 Å². The standard InChI is InChI=1S/C19H36/c1-7-10-11-19-13-12-17(5,8-2)16(15(4)14-19)18(19,6)9-3/h15-16H,7-14H2,1-6H3. The van der Waals surface area contributed by atoms with Crippen LogP contribution in [0.3, 0.4) is 0 Å². The molecule has 2 aliphatic carbocycles. The summed E-state index contributed by atoms with van der Waals surface area (Å²) in [7, 11) is 0. The van der Waals surface area contributed by atoms with Gasteiger partial charge >= 0.3 is 0 Å². The molecule has 0 N–H and O–H groups in total. The topological polar surface area (TPSA) is 0 Å². The van der Waals surface area contributed by atoms with E-state index in [2.05, 4.69) is 41.5 Å². The maximum Gasteiger partial charge on any atom is -0.0236 e. The van der Waals surface area contributed by atoms with Crippen LogP contribution in [0.1, 0.15) is 92.9 Å². The van der Waals surface area contributed by atoms with E-state index in [-0.39, 0.29) is 0 Å². The van der Waals surface area contributed by atoms with Crippen LogP contribution >= 0.6 is 0 Å². The average Bonchev–Trinajstić information content (AvgIpc) is 2.54. The molecular formula is C19H36. The zero-order chi connectivity index (χ0) is 14.3. The van der Waals surface area contributed by atoms with Crippen molar-refractivity contribution in [3.8, 4) is 0 Å². The van der Waals surface area contributed by atoms with Crippen molar-refractivity contribution in [1.82, 2.24) is 0 Å². The quantitative estimate of drug-likeness (QED) is 0.535. The molecule has 2 fully saturated rings. The lowest BCUT2D eigenvalue weighted by molar-refractivity contribution is -0.0845. The number of fused-ring (bicyclic) bond motifs is 2. The number of unbranched alkanes of at least 4 members (excludes halogenated alkanes) is 1. The molecule has 0 radical (unpaired) electrons. The van der Waals surface area contributed by atoms with Crippen molar-refractivity contribution in [1.29, 1.82) is 0 Å². The normalized spacial score (nSPS) is 49.6. The molecule has 19 heavy (non-hydrogen) atoms. The van der Waals surface area contributed by atoms with Gasteiger partial charge in [0.2, 0.25) is 0 Å². The molecule has 2 rings (SSSR count). The Balaban J connectivity index is 2.39. The first kappa shape index (κ1) is 15.4. The Morgan fingerprint density at radius 1 is 1.00 bits per heavy atom. The van der Waals surface area contributed by atoms with Gasteiger partial charge < -0.3 is 0 Å². The summed E-state index contributed by atoms with van der Waals surface area (Å²) in [6, 6.07) is 0. The SMILES string of the molecule is CCCCC12CCC(C)(CC)C(C(C)C1)C2(C)CC. The third-order valence-electron chi connectivity index (χ3n) is 7.66. The van der Waals surface area contributed by atoms with Crippen LogP contribution in [0.15, 0.2) is 0 Å². The molecule has 0 amide bonds. The van der Waals surface area contributed by atoms with Crippen molar-refractivity contribution in [2.45, 2.75) is 92.9 Å². The summed E-state index contributed by atoms with van der Waals surface area (Å²) in [5, 5.41) is 0. The van der Waals surface area contributed by atoms with Gasteiger partial charge in [-0.3, -0.25) is 0 Å². The highest BCUT2D eigenvalue weighted by atomic mass is 14.7. The van der Waals surface area contributed by atoms with Crippen LogP contribution in [0.5, 0.6) is 0 Å². The highest BCUT2D eigenvalue weighted by Crippen LogP contribution is 2.73. The van der Waals surface area contributed by atoms with Crippen LogP contribution in [0.4, 0.5) is 0 Å². The van der Waals surface area contributed by atoms with Gasteiger partial charge in [-0.1, -0.05) is 60.8 Å². The van der Waals surface area contributed by atoms with E-state index in [1.165, 1.54) is 51.4 Å². The maximum absolute atomic E-state index is 2.66. The zero-order valence-corrected chi connectivity index (χ0v) is 14.3. The summed E-state index contributed by atoms with van der Waals surface area (Å²) >= 11 is 0. The number of hydrogen-bond donors (Lipinski definition) is 0. The van der Waals surface area contributed by atoms with Gasteiger partial charge in [0.25, 0.3) is 0 Å². The van der Waals surface area contributed by atoms with E-state index in [1.807, 2.05) is 0 Å². The minimum atomic E-state index is 0.602. The molecule has 0 aromatic heterocycles. The fraction of sp³-hybridized carbons (Fsp3) is 1.00. The minimum Gasteiger partial charge on any atom is -0.0654 e. The van der Waals surface area contributed by atoms with Crippen LogP contribution in [0.2, 0.25) is 0 Å². The summed E-state index contributed by atoms with van der Waals surface area (Å²) < 4.78 is 0. The van der Waals surface area contributed by atoms with Crippen molar-refractivity contribution in [3.05, 3.63) is 0 Å². The smallest absolute Gasteiger partial charge is 0.0236 e. The summed E-state index contributed by atoms with van der Waals surface area (Å²) in [4.78, 5) is 0. The van der Waals surface area contributed by atoms with E-state index in [0.717, 1.165) is 11.8 Å². The second-order valence-electron chi connectivity index (χ2n) is 8.32. The van der Waals surface area contributed by atoms with E-state index in [9.17, 15) is 0 Å². The van der Waals surface area contributed by atoms with Gasteiger partial charge in [0, 0.05) is 0 Å². The number of rotatable bonds is 5. The molecule has 2 bridgehead atoms. The van der Waals surface area contributed by atoms with Crippen molar-refractivity contribution < 1.29 is 0 Å². The fourth-order valence-corrected chi connectivity index (χ4v) is 6.47. The molecule has 2 saturated carbocycles. The van der Waals surface area contributed by atoms with Gasteiger partial charge in [0.05, 0.1) is 0 Å². The van der Waals surface area contributed by atoms with Gasteiger partial charge in [-0.05, 0) is 60.2 Å². The lowest BCUT2D eigenvalue weighted by Gasteiger charge is -2.57. The minimum absolute atomic E-state index is 0.602. The predicted octanol–water partition coefficient (Wildman–Crippen LogP) is 6.45. The molecule has 0 aromatic rings. The van der Waals surface area contributed by atoms with Crippen LogP contribution in [-0.4, -0.2) is 0 Å². The summed E-state index contributed by atoms with van der Waals surface area (Å²) in [5.41, 5.74) is 1.89. The molecule has 112 valence electrons. The molecule has 2 aliphatic rings. The lowest BCUT2D eigenvalue weighted by Crippen LogP contribution is -2.49. The first-order chi connectivity index (χ1) is 8.89. The van der Waals surface area contributed by atoms with Crippen LogP contribution in [-0.2, 0) is 0 Å². The van der Waals surface area contributed by atoms with Crippen molar-refractivity contribution >= 4 is 0 Å². The molecule has 0 aromatic carbocycles. The Labute approximate surface area is 121 Å². The molecule has 0 saturated heterocycles.